The van der Waals surface area contributed by atoms with Gasteiger partial charge in [0.25, 0.3) is 0 Å². The molecule has 0 aromatic carbocycles. The van der Waals surface area contributed by atoms with Crippen LogP contribution >= 0.6 is 0 Å². The molecule has 2 fully saturated rings. The van der Waals surface area contributed by atoms with Gasteiger partial charge >= 0.3 is 0 Å². The van der Waals surface area contributed by atoms with E-state index in [0.29, 0.717) is 6.04 Å². The summed E-state index contributed by atoms with van der Waals surface area (Å²) in [5.74, 6) is 2.91. The second-order valence-electron chi connectivity index (χ2n) is 6.93. The van der Waals surface area contributed by atoms with Crippen LogP contribution in [-0.2, 0) is 0 Å². The summed E-state index contributed by atoms with van der Waals surface area (Å²) in [5, 5.41) is 3.62. The Bertz CT molecular complexity index is 234. The average Bonchev–Trinajstić information content (AvgIpc) is 2.88. The van der Waals surface area contributed by atoms with Crippen LogP contribution < -0.4 is 5.32 Å². The van der Waals surface area contributed by atoms with Crippen LogP contribution in [0.25, 0.3) is 0 Å². The highest BCUT2D eigenvalue weighted by Crippen LogP contribution is 2.62. The zero-order valence-electron chi connectivity index (χ0n) is 11.6. The molecule has 3 atom stereocenters. The molecule has 1 spiro atoms. The van der Waals surface area contributed by atoms with E-state index in [1.807, 2.05) is 0 Å². The Morgan fingerprint density at radius 3 is 2.56 bits per heavy atom. The normalized spacial score (nSPS) is 38.6. The van der Waals surface area contributed by atoms with Crippen LogP contribution in [0.5, 0.6) is 0 Å². The second kappa shape index (κ2) is 4.68. The van der Waals surface area contributed by atoms with Crippen LogP contribution in [0.15, 0.2) is 0 Å². The highest BCUT2D eigenvalue weighted by atomic mass is 14.9. The summed E-state index contributed by atoms with van der Waals surface area (Å²) in [7, 11) is 0. The number of nitrogens with one attached hydrogen (secondary N) is 1. The van der Waals surface area contributed by atoms with Crippen molar-refractivity contribution in [2.24, 2.45) is 23.2 Å². The lowest BCUT2D eigenvalue weighted by atomic mass is 9.73. The quantitative estimate of drug-likeness (QED) is 0.763. The van der Waals surface area contributed by atoms with Crippen molar-refractivity contribution in [3.8, 4) is 0 Å². The van der Waals surface area contributed by atoms with Crippen molar-refractivity contribution < 1.29 is 0 Å². The minimum absolute atomic E-state index is 0.655. The van der Waals surface area contributed by atoms with Crippen molar-refractivity contribution in [2.45, 2.75) is 65.8 Å². The van der Waals surface area contributed by atoms with Gasteiger partial charge in [-0.3, -0.25) is 0 Å². The fraction of sp³-hybridized carbons (Fsp3) is 1.00. The molecule has 16 heavy (non-hydrogen) atoms. The van der Waals surface area contributed by atoms with Gasteiger partial charge in [-0.1, -0.05) is 40.5 Å². The summed E-state index contributed by atoms with van der Waals surface area (Å²) in [5.41, 5.74) is 0.773. The predicted octanol–water partition coefficient (Wildman–Crippen LogP) is 3.84. The van der Waals surface area contributed by atoms with Crippen molar-refractivity contribution in [2.75, 3.05) is 6.54 Å². The molecule has 2 rings (SSSR count). The van der Waals surface area contributed by atoms with Gasteiger partial charge in [0.2, 0.25) is 0 Å². The fourth-order valence-corrected chi connectivity index (χ4v) is 3.67. The van der Waals surface area contributed by atoms with Crippen molar-refractivity contribution in [1.29, 1.82) is 0 Å². The van der Waals surface area contributed by atoms with E-state index < -0.39 is 0 Å². The summed E-state index contributed by atoms with van der Waals surface area (Å²) in [6.45, 7) is 10.6. The third-order valence-electron chi connectivity index (χ3n) is 4.99. The van der Waals surface area contributed by atoms with Crippen molar-refractivity contribution in [3.63, 3.8) is 0 Å². The molecule has 1 N–H and O–H groups in total. The van der Waals surface area contributed by atoms with E-state index in [4.69, 9.17) is 0 Å². The number of hydrogen-bond acceptors (Lipinski definition) is 1. The van der Waals surface area contributed by atoms with Crippen LogP contribution in [0, 0.1) is 23.2 Å². The molecule has 0 aliphatic heterocycles. The highest BCUT2D eigenvalue weighted by Gasteiger charge is 2.55. The van der Waals surface area contributed by atoms with Gasteiger partial charge in [0, 0.05) is 6.04 Å². The molecule has 2 aliphatic carbocycles. The summed E-state index contributed by atoms with van der Waals surface area (Å²) in [6.07, 6.45) is 7.52. The van der Waals surface area contributed by atoms with Crippen LogP contribution in [0.1, 0.15) is 59.8 Å². The van der Waals surface area contributed by atoms with Crippen LogP contribution in [-0.4, -0.2) is 12.6 Å². The molecule has 2 saturated carbocycles. The van der Waals surface area contributed by atoms with E-state index in [2.05, 4.69) is 33.0 Å². The van der Waals surface area contributed by atoms with Gasteiger partial charge in [-0.25, -0.2) is 0 Å². The lowest BCUT2D eigenvalue weighted by molar-refractivity contribution is 0.184. The minimum Gasteiger partial charge on any atom is -0.314 e. The Labute approximate surface area is 101 Å². The summed E-state index contributed by atoms with van der Waals surface area (Å²) in [4.78, 5) is 0. The maximum absolute atomic E-state index is 3.62. The monoisotopic (exact) mass is 223 g/mol. The lowest BCUT2D eigenvalue weighted by Crippen LogP contribution is -2.28. The van der Waals surface area contributed by atoms with E-state index in [0.717, 1.165) is 23.2 Å². The van der Waals surface area contributed by atoms with Gasteiger partial charge in [0.05, 0.1) is 0 Å². The molecular weight excluding hydrogens is 194 g/mol. The first kappa shape index (κ1) is 12.4. The fourth-order valence-electron chi connectivity index (χ4n) is 3.67. The predicted molar refractivity (Wildman–Crippen MR) is 70.5 cm³/mol. The lowest BCUT2D eigenvalue weighted by Gasteiger charge is -2.33. The van der Waals surface area contributed by atoms with Crippen molar-refractivity contribution in [3.05, 3.63) is 0 Å². The first-order chi connectivity index (χ1) is 7.53. The maximum Gasteiger partial charge on any atom is 0.00104 e. The first-order valence-corrected chi connectivity index (χ1v) is 7.27. The first-order valence-electron chi connectivity index (χ1n) is 7.27. The van der Waals surface area contributed by atoms with Crippen LogP contribution in [0.2, 0.25) is 0 Å². The molecule has 0 bridgehead atoms. The molecule has 1 nitrogen and oxygen atoms in total. The molecule has 0 amide bonds. The molecule has 3 unspecified atom stereocenters. The largest absolute Gasteiger partial charge is 0.314 e. The third kappa shape index (κ3) is 2.61. The van der Waals surface area contributed by atoms with Crippen molar-refractivity contribution >= 4 is 0 Å². The Morgan fingerprint density at radius 2 is 1.94 bits per heavy atom. The molecular formula is C15H29N. The third-order valence-corrected chi connectivity index (χ3v) is 4.99. The maximum atomic E-state index is 3.62. The molecule has 0 aromatic rings. The van der Waals surface area contributed by atoms with Crippen LogP contribution in [0.3, 0.4) is 0 Å². The highest BCUT2D eigenvalue weighted by molar-refractivity contribution is 5.05. The molecule has 0 saturated heterocycles. The van der Waals surface area contributed by atoms with E-state index in [9.17, 15) is 0 Å². The second-order valence-corrected chi connectivity index (χ2v) is 6.93. The van der Waals surface area contributed by atoms with Gasteiger partial charge in [-0.2, -0.15) is 0 Å². The molecule has 0 aromatic heterocycles. The zero-order chi connectivity index (χ0) is 11.8. The van der Waals surface area contributed by atoms with E-state index in [1.54, 1.807) is 0 Å². The molecule has 2 aliphatic rings. The van der Waals surface area contributed by atoms with E-state index in [-0.39, 0.29) is 0 Å². The Kier molecular flexibility index (Phi) is 3.63. The average molecular weight is 223 g/mol. The summed E-state index contributed by atoms with van der Waals surface area (Å²) >= 11 is 0. The Balaban J connectivity index is 1.82. The standard InChI is InChI=1S/C15H29N/c1-11(2)13-6-5-7-15(8-13)9-14(15)10-16-12(3)4/h11-14,16H,5-10H2,1-4H3. The smallest absolute Gasteiger partial charge is 0.00104 e. The molecule has 0 radical (unpaired) electrons. The SMILES string of the molecule is CC(C)NCC1CC12CCCC(C(C)C)C2. The van der Waals surface area contributed by atoms with Gasteiger partial charge in [-0.05, 0) is 49.0 Å². The summed E-state index contributed by atoms with van der Waals surface area (Å²) < 4.78 is 0. The van der Waals surface area contributed by atoms with Gasteiger partial charge in [-0.15, -0.1) is 0 Å². The van der Waals surface area contributed by atoms with E-state index in [1.165, 1.54) is 38.6 Å². The van der Waals surface area contributed by atoms with Crippen LogP contribution in [0.4, 0.5) is 0 Å². The molecule has 0 heterocycles. The Hall–Kier alpha value is -0.0400. The van der Waals surface area contributed by atoms with E-state index >= 15 is 0 Å². The minimum atomic E-state index is 0.655. The zero-order valence-corrected chi connectivity index (χ0v) is 11.6. The number of rotatable bonds is 4. The Morgan fingerprint density at radius 1 is 1.19 bits per heavy atom. The van der Waals surface area contributed by atoms with Gasteiger partial charge in [0.15, 0.2) is 0 Å². The summed E-state index contributed by atoms with van der Waals surface area (Å²) in [6, 6.07) is 0.655. The molecule has 1 heteroatoms. The topological polar surface area (TPSA) is 12.0 Å². The number of hydrogen-bond donors (Lipinski definition) is 1. The van der Waals surface area contributed by atoms with Gasteiger partial charge in [0.1, 0.15) is 0 Å². The van der Waals surface area contributed by atoms with Crippen molar-refractivity contribution in [1.82, 2.24) is 5.32 Å². The molecule has 94 valence electrons. The van der Waals surface area contributed by atoms with Gasteiger partial charge < -0.3 is 5.32 Å².